The summed E-state index contributed by atoms with van der Waals surface area (Å²) in [4.78, 5) is 21.4. The Labute approximate surface area is 94.5 Å². The third kappa shape index (κ3) is 4.69. The van der Waals surface area contributed by atoms with E-state index in [2.05, 4.69) is 5.32 Å². The number of nitrogens with zero attached hydrogens (tertiary/aromatic N) is 1. The summed E-state index contributed by atoms with van der Waals surface area (Å²) < 4.78 is 5.36. The molecule has 6 heteroatoms. The number of hydrogen-bond acceptors (Lipinski definition) is 5. The van der Waals surface area contributed by atoms with Gasteiger partial charge in [0.1, 0.15) is 6.61 Å². The molecule has 1 rings (SSSR count). The quantitative estimate of drug-likeness (QED) is 0.662. The number of piperidine rings is 1. The first-order valence-electron chi connectivity index (χ1n) is 5.34. The molecule has 1 saturated heterocycles. The van der Waals surface area contributed by atoms with E-state index in [4.69, 9.17) is 9.94 Å². The molecule has 0 bridgehead atoms. The standard InChI is InChI=1S/C10H17N2O4/c1-8(6-13)11-10(14)7-16-9-2-4-12(15)5-3-9/h8-9,15H,2-5,7H2,1H3,(H,11,14). The molecule has 0 spiro atoms. The van der Waals surface area contributed by atoms with Crippen LogP contribution in [0, 0.1) is 0 Å². The lowest BCUT2D eigenvalue weighted by Crippen LogP contribution is -2.39. The molecule has 1 aliphatic rings. The maximum absolute atomic E-state index is 11.2. The predicted octanol–water partition coefficient (Wildman–Crippen LogP) is -0.529. The van der Waals surface area contributed by atoms with Crippen molar-refractivity contribution in [2.75, 3.05) is 19.7 Å². The summed E-state index contributed by atoms with van der Waals surface area (Å²) in [5, 5.41) is 12.8. The SMILES string of the molecule is CC([C]=O)NC(=O)COC1CCN(O)CC1. The van der Waals surface area contributed by atoms with E-state index in [1.165, 1.54) is 5.06 Å². The van der Waals surface area contributed by atoms with E-state index >= 15 is 0 Å². The molecule has 6 nitrogen and oxygen atoms in total. The number of amides is 1. The van der Waals surface area contributed by atoms with Crippen LogP contribution in [0.1, 0.15) is 19.8 Å². The number of carbonyl (C=O) groups is 1. The van der Waals surface area contributed by atoms with E-state index in [0.29, 0.717) is 25.9 Å². The Bertz CT molecular complexity index is 239. The molecule has 1 radical (unpaired) electrons. The van der Waals surface area contributed by atoms with Crippen molar-refractivity contribution in [3.63, 3.8) is 0 Å². The Kier molecular flexibility index (Phi) is 5.37. The molecule has 1 unspecified atom stereocenters. The molecule has 2 N–H and O–H groups in total. The van der Waals surface area contributed by atoms with Crippen LogP contribution in [0.5, 0.6) is 0 Å². The summed E-state index contributed by atoms with van der Waals surface area (Å²) in [6.07, 6.45) is 3.08. The van der Waals surface area contributed by atoms with Gasteiger partial charge in [0, 0.05) is 13.1 Å². The van der Waals surface area contributed by atoms with Crippen LogP contribution in [0.2, 0.25) is 0 Å². The van der Waals surface area contributed by atoms with Crippen molar-refractivity contribution >= 4 is 12.2 Å². The smallest absolute Gasteiger partial charge is 0.246 e. The first-order chi connectivity index (χ1) is 7.61. The molecular weight excluding hydrogens is 212 g/mol. The fraction of sp³-hybridized carbons (Fsp3) is 0.800. The van der Waals surface area contributed by atoms with Gasteiger partial charge < -0.3 is 15.3 Å². The average Bonchev–Trinajstić information content (AvgIpc) is 2.28. The zero-order valence-corrected chi connectivity index (χ0v) is 9.31. The van der Waals surface area contributed by atoms with Crippen LogP contribution in [0.3, 0.4) is 0 Å². The highest BCUT2D eigenvalue weighted by Gasteiger charge is 2.19. The number of hydrogen-bond donors (Lipinski definition) is 2. The van der Waals surface area contributed by atoms with E-state index in [0.717, 1.165) is 0 Å². The minimum absolute atomic E-state index is 0.00432. The van der Waals surface area contributed by atoms with Crippen LogP contribution in [0.15, 0.2) is 0 Å². The van der Waals surface area contributed by atoms with Crippen LogP contribution in [0.4, 0.5) is 0 Å². The molecule has 0 saturated carbocycles. The molecule has 1 atom stereocenters. The van der Waals surface area contributed by atoms with Crippen LogP contribution >= 0.6 is 0 Å². The van der Waals surface area contributed by atoms with Gasteiger partial charge in [0.2, 0.25) is 12.2 Å². The minimum Gasteiger partial charge on any atom is -0.368 e. The fourth-order valence-corrected chi connectivity index (χ4v) is 1.51. The average molecular weight is 229 g/mol. The molecular formula is C10H17N2O4. The number of nitrogens with one attached hydrogen (secondary N) is 1. The van der Waals surface area contributed by atoms with Gasteiger partial charge in [-0.2, -0.15) is 5.06 Å². The molecule has 1 aliphatic heterocycles. The summed E-state index contributed by atoms with van der Waals surface area (Å²) in [5.74, 6) is -0.317. The highest BCUT2D eigenvalue weighted by molar-refractivity contribution is 5.80. The monoisotopic (exact) mass is 229 g/mol. The van der Waals surface area contributed by atoms with Crippen molar-refractivity contribution in [2.45, 2.75) is 31.9 Å². The molecule has 1 amide bonds. The van der Waals surface area contributed by atoms with Gasteiger partial charge in [-0.3, -0.25) is 9.59 Å². The molecule has 0 aromatic rings. The third-order valence-electron chi connectivity index (χ3n) is 2.42. The normalized spacial score (nSPS) is 20.4. The number of carbonyl (C=O) groups excluding carboxylic acids is 2. The second kappa shape index (κ2) is 6.57. The van der Waals surface area contributed by atoms with E-state index < -0.39 is 6.04 Å². The van der Waals surface area contributed by atoms with Crippen molar-refractivity contribution in [1.82, 2.24) is 10.4 Å². The second-order valence-electron chi connectivity index (χ2n) is 3.87. The molecule has 91 valence electrons. The summed E-state index contributed by atoms with van der Waals surface area (Å²) >= 11 is 0. The van der Waals surface area contributed by atoms with Crippen molar-refractivity contribution in [2.24, 2.45) is 0 Å². The van der Waals surface area contributed by atoms with Gasteiger partial charge in [-0.15, -0.1) is 0 Å². The maximum atomic E-state index is 11.2. The number of rotatable bonds is 5. The Hall–Kier alpha value is -0.980. The topological polar surface area (TPSA) is 78.9 Å². The lowest BCUT2D eigenvalue weighted by atomic mass is 10.1. The Morgan fingerprint density at radius 2 is 2.25 bits per heavy atom. The van der Waals surface area contributed by atoms with Gasteiger partial charge in [-0.25, -0.2) is 0 Å². The van der Waals surface area contributed by atoms with Gasteiger partial charge >= 0.3 is 0 Å². The number of ether oxygens (including phenoxy) is 1. The lowest BCUT2D eigenvalue weighted by Gasteiger charge is -2.27. The summed E-state index contributed by atoms with van der Waals surface area (Å²) in [6.45, 7) is 2.62. The molecule has 16 heavy (non-hydrogen) atoms. The fourth-order valence-electron chi connectivity index (χ4n) is 1.51. The molecule has 1 heterocycles. The number of hydroxylamine groups is 2. The Morgan fingerprint density at radius 1 is 1.62 bits per heavy atom. The van der Waals surface area contributed by atoms with E-state index in [1.54, 1.807) is 13.2 Å². The summed E-state index contributed by atoms with van der Waals surface area (Å²) in [7, 11) is 0. The molecule has 0 aromatic heterocycles. The van der Waals surface area contributed by atoms with Crippen molar-refractivity contribution < 1.29 is 19.5 Å². The molecule has 1 fully saturated rings. The Balaban J connectivity index is 2.14. The van der Waals surface area contributed by atoms with Crippen LogP contribution < -0.4 is 5.32 Å². The zero-order chi connectivity index (χ0) is 12.0. The molecule has 0 aliphatic carbocycles. The van der Waals surface area contributed by atoms with Gasteiger partial charge in [0.05, 0.1) is 12.1 Å². The summed E-state index contributed by atoms with van der Waals surface area (Å²) in [5.41, 5.74) is 0. The minimum atomic E-state index is -0.601. The highest BCUT2D eigenvalue weighted by atomic mass is 16.5. The lowest BCUT2D eigenvalue weighted by molar-refractivity contribution is -0.140. The van der Waals surface area contributed by atoms with Crippen LogP contribution in [0.25, 0.3) is 0 Å². The van der Waals surface area contributed by atoms with E-state index in [1.807, 2.05) is 0 Å². The zero-order valence-electron chi connectivity index (χ0n) is 9.31. The summed E-state index contributed by atoms with van der Waals surface area (Å²) in [6, 6.07) is -0.601. The van der Waals surface area contributed by atoms with Crippen LogP contribution in [-0.4, -0.2) is 54.3 Å². The predicted molar refractivity (Wildman–Crippen MR) is 55.6 cm³/mol. The van der Waals surface area contributed by atoms with Gasteiger partial charge in [-0.1, -0.05) is 0 Å². The van der Waals surface area contributed by atoms with Crippen LogP contribution in [-0.2, 0) is 14.3 Å². The van der Waals surface area contributed by atoms with E-state index in [-0.39, 0.29) is 18.6 Å². The third-order valence-corrected chi connectivity index (χ3v) is 2.42. The first kappa shape index (κ1) is 13.1. The largest absolute Gasteiger partial charge is 0.368 e. The second-order valence-corrected chi connectivity index (χ2v) is 3.87. The highest BCUT2D eigenvalue weighted by Crippen LogP contribution is 2.11. The van der Waals surface area contributed by atoms with Crippen molar-refractivity contribution in [3.8, 4) is 0 Å². The molecule has 0 aromatic carbocycles. The Morgan fingerprint density at radius 3 is 2.81 bits per heavy atom. The van der Waals surface area contributed by atoms with E-state index in [9.17, 15) is 9.59 Å². The van der Waals surface area contributed by atoms with Gasteiger partial charge in [-0.05, 0) is 19.8 Å². The van der Waals surface area contributed by atoms with Gasteiger partial charge in [0.25, 0.3) is 0 Å². The van der Waals surface area contributed by atoms with Crippen molar-refractivity contribution in [3.05, 3.63) is 0 Å². The van der Waals surface area contributed by atoms with Crippen molar-refractivity contribution in [1.29, 1.82) is 0 Å². The van der Waals surface area contributed by atoms with Gasteiger partial charge in [0.15, 0.2) is 0 Å². The maximum Gasteiger partial charge on any atom is 0.246 e. The first-order valence-corrected chi connectivity index (χ1v) is 5.34.